The van der Waals surface area contributed by atoms with Gasteiger partial charge < -0.3 is 9.80 Å². The highest BCUT2D eigenvalue weighted by Gasteiger charge is 2.19. The number of hydrogen-bond acceptors (Lipinski definition) is 3. The Balaban J connectivity index is 1.75. The first-order valence-corrected chi connectivity index (χ1v) is 9.45. The predicted octanol–water partition coefficient (Wildman–Crippen LogP) is 3.16. The van der Waals surface area contributed by atoms with Gasteiger partial charge in [0.15, 0.2) is 0 Å². The Morgan fingerprint density at radius 2 is 1.75 bits per heavy atom. The Hall–Kier alpha value is -1.55. The summed E-state index contributed by atoms with van der Waals surface area (Å²) in [6.07, 6.45) is 2.74. The number of nitrogens with zero attached hydrogens (tertiary/aromatic N) is 3. The van der Waals surface area contributed by atoms with Gasteiger partial charge in [0.1, 0.15) is 0 Å². The quantitative estimate of drug-likeness (QED) is 0.732. The minimum atomic E-state index is 0.319. The van der Waals surface area contributed by atoms with Crippen LogP contribution >= 0.6 is 0 Å². The predicted molar refractivity (Wildman–Crippen MR) is 102 cm³/mol. The number of amides is 1. The molecule has 0 spiro atoms. The summed E-state index contributed by atoms with van der Waals surface area (Å²) >= 11 is 0. The molecular weight excluding hydrogens is 298 g/mol. The first kappa shape index (κ1) is 18.8. The van der Waals surface area contributed by atoms with Crippen LogP contribution in [0.4, 0.5) is 5.69 Å². The molecular formula is C20H33N3O. The maximum atomic E-state index is 12.4. The average Bonchev–Trinajstić information content (AvgIpc) is 2.60. The number of aryl methyl sites for hydroxylation is 1. The first-order valence-electron chi connectivity index (χ1n) is 9.45. The number of rotatable bonds is 8. The smallest absolute Gasteiger partial charge is 0.223 e. The lowest BCUT2D eigenvalue weighted by atomic mass is 10.2. The summed E-state index contributed by atoms with van der Waals surface area (Å²) < 4.78 is 0. The van der Waals surface area contributed by atoms with E-state index in [1.54, 1.807) is 0 Å². The summed E-state index contributed by atoms with van der Waals surface area (Å²) in [5.41, 5.74) is 2.63. The third kappa shape index (κ3) is 5.52. The zero-order valence-corrected chi connectivity index (χ0v) is 15.6. The molecule has 0 N–H and O–H groups in total. The number of piperazine rings is 1. The van der Waals surface area contributed by atoms with E-state index in [2.05, 4.69) is 54.8 Å². The van der Waals surface area contributed by atoms with Crippen molar-refractivity contribution in [3.63, 3.8) is 0 Å². The molecule has 1 aliphatic heterocycles. The van der Waals surface area contributed by atoms with E-state index in [1.807, 2.05) is 4.90 Å². The van der Waals surface area contributed by atoms with Crippen molar-refractivity contribution in [2.45, 2.75) is 40.0 Å². The molecule has 4 nitrogen and oxygen atoms in total. The van der Waals surface area contributed by atoms with Crippen LogP contribution in [0.5, 0.6) is 0 Å². The fourth-order valence-electron chi connectivity index (χ4n) is 3.37. The molecule has 0 bridgehead atoms. The van der Waals surface area contributed by atoms with Crippen LogP contribution in [0.3, 0.4) is 0 Å². The van der Waals surface area contributed by atoms with Gasteiger partial charge in [0, 0.05) is 57.9 Å². The van der Waals surface area contributed by atoms with Gasteiger partial charge in [0.2, 0.25) is 5.91 Å². The molecule has 1 saturated heterocycles. The summed E-state index contributed by atoms with van der Waals surface area (Å²) in [5.74, 6) is 0.319. The van der Waals surface area contributed by atoms with E-state index in [9.17, 15) is 4.79 Å². The second-order valence-corrected chi connectivity index (χ2v) is 6.80. The summed E-state index contributed by atoms with van der Waals surface area (Å²) in [4.78, 5) is 19.3. The van der Waals surface area contributed by atoms with E-state index in [-0.39, 0.29) is 0 Å². The van der Waals surface area contributed by atoms with Crippen LogP contribution in [-0.4, -0.2) is 61.5 Å². The Morgan fingerprint density at radius 1 is 1.08 bits per heavy atom. The molecule has 134 valence electrons. The minimum Gasteiger partial charge on any atom is -0.369 e. The molecule has 0 unspecified atom stereocenters. The van der Waals surface area contributed by atoms with Crippen molar-refractivity contribution in [2.24, 2.45) is 0 Å². The molecule has 0 radical (unpaired) electrons. The molecule has 1 heterocycles. The fraction of sp³-hybridized carbons (Fsp3) is 0.650. The lowest BCUT2D eigenvalue weighted by molar-refractivity contribution is -0.131. The lowest BCUT2D eigenvalue weighted by Crippen LogP contribution is -2.47. The molecule has 2 rings (SSSR count). The number of benzene rings is 1. The summed E-state index contributed by atoms with van der Waals surface area (Å²) in [6.45, 7) is 13.3. The molecule has 1 aromatic carbocycles. The fourth-order valence-corrected chi connectivity index (χ4v) is 3.37. The van der Waals surface area contributed by atoms with E-state index in [1.165, 1.54) is 11.3 Å². The molecule has 0 aliphatic carbocycles. The molecule has 1 fully saturated rings. The number of carbonyl (C=O) groups is 1. The van der Waals surface area contributed by atoms with Crippen LogP contribution in [0.25, 0.3) is 0 Å². The summed E-state index contributed by atoms with van der Waals surface area (Å²) in [7, 11) is 0. The van der Waals surface area contributed by atoms with Gasteiger partial charge in [-0.25, -0.2) is 0 Å². The van der Waals surface area contributed by atoms with Gasteiger partial charge in [0.05, 0.1) is 0 Å². The average molecular weight is 332 g/mol. The molecule has 0 aromatic heterocycles. The van der Waals surface area contributed by atoms with Gasteiger partial charge in [-0.1, -0.05) is 26.0 Å². The maximum Gasteiger partial charge on any atom is 0.223 e. The van der Waals surface area contributed by atoms with E-state index >= 15 is 0 Å². The standard InChI is InChI=1S/C20H33N3O/c1-4-10-23(11-5-2)20(24)9-12-21-13-15-22(16-14-21)19-8-6-7-18(3)17-19/h6-8,17H,4-5,9-16H2,1-3H3. The maximum absolute atomic E-state index is 12.4. The van der Waals surface area contributed by atoms with Gasteiger partial charge in [-0.3, -0.25) is 9.69 Å². The third-order valence-corrected chi connectivity index (χ3v) is 4.72. The van der Waals surface area contributed by atoms with Crippen molar-refractivity contribution >= 4 is 11.6 Å². The first-order chi connectivity index (χ1) is 11.6. The monoisotopic (exact) mass is 331 g/mol. The Kier molecular flexibility index (Phi) is 7.57. The normalized spacial score (nSPS) is 15.5. The van der Waals surface area contributed by atoms with Crippen LogP contribution in [0.15, 0.2) is 24.3 Å². The van der Waals surface area contributed by atoms with Crippen LogP contribution in [0.2, 0.25) is 0 Å². The van der Waals surface area contributed by atoms with E-state index in [0.29, 0.717) is 12.3 Å². The molecule has 1 aliphatic rings. The van der Waals surface area contributed by atoms with Gasteiger partial charge in [-0.2, -0.15) is 0 Å². The summed E-state index contributed by atoms with van der Waals surface area (Å²) in [6, 6.07) is 8.72. The van der Waals surface area contributed by atoms with Crippen LogP contribution < -0.4 is 4.90 Å². The number of hydrogen-bond donors (Lipinski definition) is 0. The largest absolute Gasteiger partial charge is 0.369 e. The highest BCUT2D eigenvalue weighted by Crippen LogP contribution is 2.17. The summed E-state index contributed by atoms with van der Waals surface area (Å²) in [5, 5.41) is 0. The molecule has 0 atom stereocenters. The van der Waals surface area contributed by atoms with Crippen LogP contribution in [0, 0.1) is 6.92 Å². The second-order valence-electron chi connectivity index (χ2n) is 6.80. The molecule has 1 amide bonds. The Morgan fingerprint density at radius 3 is 2.33 bits per heavy atom. The van der Waals surface area contributed by atoms with E-state index < -0.39 is 0 Å². The lowest BCUT2D eigenvalue weighted by Gasteiger charge is -2.36. The van der Waals surface area contributed by atoms with Crippen molar-refractivity contribution < 1.29 is 4.79 Å². The topological polar surface area (TPSA) is 26.8 Å². The van der Waals surface area contributed by atoms with Gasteiger partial charge in [-0.05, 0) is 37.5 Å². The van der Waals surface area contributed by atoms with Gasteiger partial charge in [0.25, 0.3) is 0 Å². The zero-order valence-electron chi connectivity index (χ0n) is 15.6. The Bertz CT molecular complexity index is 503. The van der Waals surface area contributed by atoms with Crippen LogP contribution in [-0.2, 0) is 4.79 Å². The Labute approximate surface area is 147 Å². The molecule has 0 saturated carbocycles. The SMILES string of the molecule is CCCN(CCC)C(=O)CCN1CCN(c2cccc(C)c2)CC1. The molecule has 4 heteroatoms. The van der Waals surface area contributed by atoms with Crippen molar-refractivity contribution in [1.82, 2.24) is 9.80 Å². The molecule has 24 heavy (non-hydrogen) atoms. The van der Waals surface area contributed by atoms with Crippen molar-refractivity contribution in [3.8, 4) is 0 Å². The second kappa shape index (κ2) is 9.67. The highest BCUT2D eigenvalue weighted by molar-refractivity contribution is 5.76. The highest BCUT2D eigenvalue weighted by atomic mass is 16.2. The number of anilines is 1. The van der Waals surface area contributed by atoms with Crippen molar-refractivity contribution in [3.05, 3.63) is 29.8 Å². The molecule has 1 aromatic rings. The minimum absolute atomic E-state index is 0.319. The number of carbonyl (C=O) groups excluding carboxylic acids is 1. The third-order valence-electron chi connectivity index (χ3n) is 4.72. The van der Waals surface area contributed by atoms with Gasteiger partial charge >= 0.3 is 0 Å². The van der Waals surface area contributed by atoms with Crippen molar-refractivity contribution in [2.75, 3.05) is 50.7 Å². The van der Waals surface area contributed by atoms with Gasteiger partial charge in [-0.15, -0.1) is 0 Å². The van der Waals surface area contributed by atoms with E-state index in [4.69, 9.17) is 0 Å². The van der Waals surface area contributed by atoms with Crippen molar-refractivity contribution in [1.29, 1.82) is 0 Å². The van der Waals surface area contributed by atoms with Crippen LogP contribution in [0.1, 0.15) is 38.7 Å². The zero-order chi connectivity index (χ0) is 17.4. The van der Waals surface area contributed by atoms with E-state index in [0.717, 1.165) is 58.7 Å².